The number of nitrogens with zero attached hydrogens (tertiary/aromatic N) is 4. The van der Waals surface area contributed by atoms with E-state index in [4.69, 9.17) is 11.6 Å². The molecule has 1 unspecified atom stereocenters. The lowest BCUT2D eigenvalue weighted by Gasteiger charge is -2.19. The fourth-order valence-corrected chi connectivity index (χ4v) is 3.73. The number of nitrogens with one attached hydrogen (secondary N) is 1. The van der Waals surface area contributed by atoms with Gasteiger partial charge in [-0.15, -0.1) is 0 Å². The van der Waals surface area contributed by atoms with Crippen LogP contribution in [0.1, 0.15) is 12.0 Å². The van der Waals surface area contributed by atoms with Crippen LogP contribution in [0.25, 0.3) is 5.82 Å². The van der Waals surface area contributed by atoms with E-state index in [9.17, 15) is 22.4 Å². The maximum absolute atomic E-state index is 13.1. The number of alkyl halides is 3. The van der Waals surface area contributed by atoms with E-state index in [1.807, 2.05) is 0 Å². The van der Waals surface area contributed by atoms with Gasteiger partial charge in [0.25, 0.3) is 5.56 Å². The summed E-state index contributed by atoms with van der Waals surface area (Å²) in [4.78, 5) is 18.4. The molecule has 1 saturated heterocycles. The Hall–Kier alpha value is -3.14. The summed E-state index contributed by atoms with van der Waals surface area (Å²) in [5.41, 5.74) is -0.339. The first-order chi connectivity index (χ1) is 15.2. The lowest BCUT2D eigenvalue weighted by atomic mass is 10.1. The van der Waals surface area contributed by atoms with Crippen molar-refractivity contribution in [2.24, 2.45) is 5.92 Å². The van der Waals surface area contributed by atoms with Gasteiger partial charge in [0.05, 0.1) is 17.4 Å². The molecule has 1 fully saturated rings. The second kappa shape index (κ2) is 8.78. The van der Waals surface area contributed by atoms with Gasteiger partial charge in [0.15, 0.2) is 5.82 Å². The van der Waals surface area contributed by atoms with Crippen LogP contribution in [0.15, 0.2) is 53.6 Å². The highest BCUT2D eigenvalue weighted by Gasteiger charge is 2.31. The van der Waals surface area contributed by atoms with Crippen LogP contribution in [-0.4, -0.2) is 34.4 Å². The zero-order valence-corrected chi connectivity index (χ0v) is 17.4. The van der Waals surface area contributed by atoms with Crippen LogP contribution < -0.4 is 15.8 Å². The highest BCUT2D eigenvalue weighted by Crippen LogP contribution is 2.29. The number of hydrogen-bond acceptors (Lipinski definition) is 5. The zero-order valence-electron chi connectivity index (χ0n) is 16.6. The Bertz CT molecular complexity index is 1150. The molecule has 0 bridgehead atoms. The van der Waals surface area contributed by atoms with Crippen molar-refractivity contribution in [3.05, 3.63) is 75.5 Å². The van der Waals surface area contributed by atoms with Crippen molar-refractivity contribution in [2.75, 3.05) is 29.9 Å². The Labute approximate surface area is 185 Å². The summed E-state index contributed by atoms with van der Waals surface area (Å²) in [6.07, 6.45) is -1.64. The van der Waals surface area contributed by atoms with Crippen molar-refractivity contribution in [2.45, 2.75) is 12.6 Å². The molecule has 1 aromatic carbocycles. The molecule has 1 atom stereocenters. The summed E-state index contributed by atoms with van der Waals surface area (Å²) < 4.78 is 52.0. The number of pyridine rings is 1. The summed E-state index contributed by atoms with van der Waals surface area (Å²) in [7, 11) is 0. The molecule has 2 aromatic heterocycles. The predicted octanol–water partition coefficient (Wildman–Crippen LogP) is 4.38. The number of halogens is 5. The summed E-state index contributed by atoms with van der Waals surface area (Å²) in [6, 6.07) is 8.20. The molecular formula is C21H18ClF4N5O. The summed E-state index contributed by atoms with van der Waals surface area (Å²) >= 11 is 6.19. The standard InChI is InChI=1S/C21H18ClF4N5O/c22-19-17(27-9-13-7-8-30(12-13)16-4-2-15(23)3-5-16)11-29-31(20(19)32)18-6-1-14(10-28-18)21(24,25)26/h1-6,10-11,13,27H,7-9,12H2. The van der Waals surface area contributed by atoms with E-state index in [-0.39, 0.29) is 22.6 Å². The molecule has 32 heavy (non-hydrogen) atoms. The SMILES string of the molecule is O=c1c(Cl)c(NCC2CCN(c3ccc(F)cc3)C2)cnn1-c1ccc(C(F)(F)F)cn1. The van der Waals surface area contributed by atoms with Crippen molar-refractivity contribution in [3.63, 3.8) is 0 Å². The first kappa shape index (κ1) is 22.1. The average molecular weight is 468 g/mol. The van der Waals surface area contributed by atoms with E-state index in [0.29, 0.717) is 18.4 Å². The molecule has 6 nitrogen and oxygen atoms in total. The zero-order chi connectivity index (χ0) is 22.9. The van der Waals surface area contributed by atoms with Crippen molar-refractivity contribution in [1.82, 2.24) is 14.8 Å². The van der Waals surface area contributed by atoms with Gasteiger partial charge >= 0.3 is 6.18 Å². The first-order valence-corrected chi connectivity index (χ1v) is 10.2. The molecule has 0 spiro atoms. The molecule has 168 valence electrons. The van der Waals surface area contributed by atoms with Gasteiger partial charge in [0.2, 0.25) is 0 Å². The minimum atomic E-state index is -4.53. The topological polar surface area (TPSA) is 63.1 Å². The van der Waals surface area contributed by atoms with E-state index in [2.05, 4.69) is 20.3 Å². The maximum Gasteiger partial charge on any atom is 0.417 e. The van der Waals surface area contributed by atoms with Gasteiger partial charge in [0.1, 0.15) is 10.8 Å². The van der Waals surface area contributed by atoms with Crippen LogP contribution in [0, 0.1) is 11.7 Å². The minimum absolute atomic E-state index is 0.0674. The Morgan fingerprint density at radius 1 is 1.12 bits per heavy atom. The molecular weight excluding hydrogens is 450 g/mol. The normalized spacial score (nSPS) is 16.4. The largest absolute Gasteiger partial charge is 0.417 e. The van der Waals surface area contributed by atoms with Crippen LogP contribution in [-0.2, 0) is 6.18 Å². The van der Waals surface area contributed by atoms with Crippen molar-refractivity contribution in [3.8, 4) is 5.82 Å². The van der Waals surface area contributed by atoms with Gasteiger partial charge < -0.3 is 10.2 Å². The third kappa shape index (κ3) is 4.69. The van der Waals surface area contributed by atoms with E-state index >= 15 is 0 Å². The Morgan fingerprint density at radius 3 is 2.53 bits per heavy atom. The Balaban J connectivity index is 1.42. The molecule has 11 heteroatoms. The van der Waals surface area contributed by atoms with Crippen LogP contribution >= 0.6 is 11.6 Å². The molecule has 4 rings (SSSR count). The Kier molecular flexibility index (Phi) is 6.05. The fraction of sp³-hybridized carbons (Fsp3) is 0.286. The number of rotatable bonds is 5. The third-order valence-electron chi connectivity index (χ3n) is 5.27. The molecule has 0 aliphatic carbocycles. The molecule has 1 aliphatic heterocycles. The molecule has 3 heterocycles. The van der Waals surface area contributed by atoms with Gasteiger partial charge in [-0.1, -0.05) is 11.6 Å². The van der Waals surface area contributed by atoms with E-state index in [0.717, 1.165) is 42.0 Å². The first-order valence-electron chi connectivity index (χ1n) is 9.78. The van der Waals surface area contributed by atoms with E-state index in [1.165, 1.54) is 18.3 Å². The highest BCUT2D eigenvalue weighted by atomic mass is 35.5. The van der Waals surface area contributed by atoms with Crippen LogP contribution in [0.5, 0.6) is 0 Å². The maximum atomic E-state index is 13.1. The van der Waals surface area contributed by atoms with Crippen molar-refractivity contribution in [1.29, 1.82) is 0 Å². The summed E-state index contributed by atoms with van der Waals surface area (Å²) in [5, 5.41) is 6.98. The van der Waals surface area contributed by atoms with Gasteiger partial charge in [-0.3, -0.25) is 4.79 Å². The second-order valence-electron chi connectivity index (χ2n) is 7.45. The monoisotopic (exact) mass is 467 g/mol. The summed E-state index contributed by atoms with van der Waals surface area (Å²) in [6.45, 7) is 2.13. The number of hydrogen-bond donors (Lipinski definition) is 1. The van der Waals surface area contributed by atoms with E-state index in [1.54, 1.807) is 12.1 Å². The van der Waals surface area contributed by atoms with Crippen molar-refractivity contribution >= 4 is 23.0 Å². The molecule has 1 aliphatic rings. The highest BCUT2D eigenvalue weighted by molar-refractivity contribution is 6.32. The van der Waals surface area contributed by atoms with E-state index < -0.39 is 17.3 Å². The smallest absolute Gasteiger partial charge is 0.382 e. The van der Waals surface area contributed by atoms with Crippen LogP contribution in [0.3, 0.4) is 0 Å². The number of aromatic nitrogens is 3. The quantitative estimate of drug-likeness (QED) is 0.564. The predicted molar refractivity (Wildman–Crippen MR) is 113 cm³/mol. The van der Waals surface area contributed by atoms with Crippen LogP contribution in [0.4, 0.5) is 28.9 Å². The molecule has 0 amide bonds. The fourth-order valence-electron chi connectivity index (χ4n) is 3.54. The molecule has 1 N–H and O–H groups in total. The molecule has 3 aromatic rings. The average Bonchev–Trinajstić information content (AvgIpc) is 3.24. The van der Waals surface area contributed by atoms with Gasteiger partial charge in [-0.2, -0.15) is 23.0 Å². The van der Waals surface area contributed by atoms with Gasteiger partial charge in [-0.25, -0.2) is 9.37 Å². The minimum Gasteiger partial charge on any atom is -0.382 e. The Morgan fingerprint density at radius 2 is 1.88 bits per heavy atom. The number of benzene rings is 1. The lowest BCUT2D eigenvalue weighted by molar-refractivity contribution is -0.137. The number of anilines is 2. The second-order valence-corrected chi connectivity index (χ2v) is 7.83. The van der Waals surface area contributed by atoms with Gasteiger partial charge in [0, 0.05) is 31.5 Å². The molecule has 0 saturated carbocycles. The van der Waals surface area contributed by atoms with Gasteiger partial charge in [-0.05, 0) is 48.7 Å². The van der Waals surface area contributed by atoms with Crippen molar-refractivity contribution < 1.29 is 17.6 Å². The summed E-state index contributed by atoms with van der Waals surface area (Å²) in [5.74, 6) is -0.0770. The lowest BCUT2D eigenvalue weighted by Crippen LogP contribution is -2.25. The molecule has 0 radical (unpaired) electrons. The third-order valence-corrected chi connectivity index (χ3v) is 5.64. The van der Waals surface area contributed by atoms with Crippen LogP contribution in [0.2, 0.25) is 5.02 Å².